The Kier molecular flexibility index (Phi) is 7.60. The van der Waals surface area contributed by atoms with Crippen LogP contribution < -0.4 is 10.6 Å². The molecule has 0 heterocycles. The number of benzene rings is 3. The monoisotopic (exact) mass is 468 g/mol. The first kappa shape index (κ1) is 23.8. The number of halogens is 2. The Morgan fingerprint density at radius 1 is 0.875 bits per heavy atom. The molecule has 1 atom stereocenters. The van der Waals surface area contributed by atoms with Gasteiger partial charge in [-0.2, -0.15) is 0 Å². The summed E-state index contributed by atoms with van der Waals surface area (Å²) in [6.07, 6.45) is 0.793. The summed E-state index contributed by atoms with van der Waals surface area (Å²) < 4.78 is 0. The molecule has 2 amide bonds. The van der Waals surface area contributed by atoms with Crippen LogP contribution in [0.15, 0.2) is 66.7 Å². The Balaban J connectivity index is 1.83. The van der Waals surface area contributed by atoms with Crippen LogP contribution in [-0.2, 0) is 21.5 Å². The molecular weight excluding hydrogens is 443 g/mol. The van der Waals surface area contributed by atoms with Crippen molar-refractivity contribution in [1.82, 2.24) is 5.32 Å². The van der Waals surface area contributed by atoms with Gasteiger partial charge in [0.1, 0.15) is 5.54 Å². The lowest BCUT2D eigenvalue weighted by Gasteiger charge is -2.32. The predicted octanol–water partition coefficient (Wildman–Crippen LogP) is 6.21. The molecule has 0 aliphatic heterocycles. The molecule has 4 nitrogen and oxygen atoms in total. The van der Waals surface area contributed by atoms with Gasteiger partial charge in [0.05, 0.1) is 0 Å². The first-order valence-corrected chi connectivity index (χ1v) is 11.1. The Bertz CT molecular complexity index is 1110. The number of aryl methyl sites for hydroxylation is 3. The molecule has 3 aromatic rings. The van der Waals surface area contributed by atoms with Crippen LogP contribution in [0.2, 0.25) is 10.0 Å². The predicted molar refractivity (Wildman–Crippen MR) is 131 cm³/mol. The van der Waals surface area contributed by atoms with Gasteiger partial charge >= 0.3 is 0 Å². The Hall–Kier alpha value is -2.82. The van der Waals surface area contributed by atoms with Crippen molar-refractivity contribution in [2.75, 3.05) is 5.32 Å². The van der Waals surface area contributed by atoms with Crippen LogP contribution >= 0.6 is 23.2 Å². The number of anilines is 1. The van der Waals surface area contributed by atoms with Gasteiger partial charge in [0, 0.05) is 22.2 Å². The maximum absolute atomic E-state index is 13.4. The van der Waals surface area contributed by atoms with Gasteiger partial charge in [0.25, 0.3) is 5.91 Å². The topological polar surface area (TPSA) is 58.2 Å². The van der Waals surface area contributed by atoms with Crippen LogP contribution in [0.25, 0.3) is 0 Å². The zero-order chi connectivity index (χ0) is 23.3. The van der Waals surface area contributed by atoms with E-state index in [1.54, 1.807) is 43.3 Å². The van der Waals surface area contributed by atoms with Crippen molar-refractivity contribution in [3.05, 3.63) is 99.0 Å². The lowest BCUT2D eigenvalue weighted by atomic mass is 9.86. The fourth-order valence-corrected chi connectivity index (χ4v) is 3.91. The van der Waals surface area contributed by atoms with E-state index >= 15 is 0 Å². The molecule has 0 spiro atoms. The van der Waals surface area contributed by atoms with Crippen LogP contribution in [0, 0.1) is 13.8 Å². The minimum absolute atomic E-state index is 0.214. The maximum Gasteiger partial charge on any atom is 0.254 e. The molecule has 0 aliphatic rings. The van der Waals surface area contributed by atoms with E-state index in [0.29, 0.717) is 22.2 Å². The van der Waals surface area contributed by atoms with E-state index in [-0.39, 0.29) is 18.2 Å². The van der Waals surface area contributed by atoms with Gasteiger partial charge in [-0.3, -0.25) is 9.59 Å². The lowest BCUT2D eigenvalue weighted by Crippen LogP contribution is -2.52. The number of rotatable bonds is 7. The Labute approximate surface area is 198 Å². The molecule has 166 valence electrons. The molecule has 0 fully saturated rings. The number of carbonyl (C=O) groups excluding carboxylic acids is 2. The largest absolute Gasteiger partial charge is 0.338 e. The fraction of sp³-hybridized carbons (Fsp3) is 0.231. The molecule has 32 heavy (non-hydrogen) atoms. The van der Waals surface area contributed by atoms with Crippen molar-refractivity contribution in [2.45, 2.75) is 39.2 Å². The summed E-state index contributed by atoms with van der Waals surface area (Å²) in [7, 11) is 0. The number of amides is 2. The first-order chi connectivity index (χ1) is 15.2. The van der Waals surface area contributed by atoms with Crippen molar-refractivity contribution in [3.63, 3.8) is 0 Å². The highest BCUT2D eigenvalue weighted by Crippen LogP contribution is 2.28. The molecule has 0 radical (unpaired) electrons. The SMILES string of the molecule is Cc1ccc([C@](C)(NC(=O)CCc2ccc(Cl)cc2)C(=O)Nc2ccc(Cl)cc2)c(C)c1. The molecule has 0 bridgehead atoms. The van der Waals surface area contributed by atoms with E-state index in [4.69, 9.17) is 23.2 Å². The molecule has 2 N–H and O–H groups in total. The van der Waals surface area contributed by atoms with E-state index in [0.717, 1.165) is 22.3 Å². The van der Waals surface area contributed by atoms with Gasteiger partial charge in [-0.05, 0) is 80.3 Å². The maximum atomic E-state index is 13.4. The standard InChI is InChI=1S/C26H26Cl2N2O2/c1-17-4-14-23(18(2)16-17)26(3,25(32)29-22-12-10-21(28)11-13-22)30-24(31)15-7-19-5-8-20(27)9-6-19/h4-6,8-14,16H,7,15H2,1-3H3,(H,29,32)(H,30,31)/t26-/m0/s1. The van der Waals surface area contributed by atoms with Crippen molar-refractivity contribution in [1.29, 1.82) is 0 Å². The second kappa shape index (κ2) is 10.2. The molecular formula is C26H26Cl2N2O2. The second-order valence-corrected chi connectivity index (χ2v) is 8.95. The van der Waals surface area contributed by atoms with Crippen molar-refractivity contribution >= 4 is 40.7 Å². The van der Waals surface area contributed by atoms with E-state index in [9.17, 15) is 9.59 Å². The third-order valence-corrected chi connectivity index (χ3v) is 5.92. The molecule has 6 heteroatoms. The number of nitrogens with one attached hydrogen (secondary N) is 2. The summed E-state index contributed by atoms with van der Waals surface area (Å²) in [6.45, 7) is 5.67. The van der Waals surface area contributed by atoms with Gasteiger partial charge < -0.3 is 10.6 Å². The Morgan fingerprint density at radius 3 is 2.06 bits per heavy atom. The molecule has 0 unspecified atom stereocenters. The molecule has 3 aromatic carbocycles. The molecule has 0 aromatic heterocycles. The highest BCUT2D eigenvalue weighted by atomic mass is 35.5. The average Bonchev–Trinajstić information content (AvgIpc) is 2.74. The number of hydrogen-bond donors (Lipinski definition) is 2. The number of hydrogen-bond acceptors (Lipinski definition) is 2. The summed E-state index contributed by atoms with van der Waals surface area (Å²) in [4.78, 5) is 26.3. The van der Waals surface area contributed by atoms with Gasteiger partial charge in [-0.15, -0.1) is 0 Å². The minimum atomic E-state index is -1.26. The zero-order valence-electron chi connectivity index (χ0n) is 18.3. The normalized spacial score (nSPS) is 12.7. The summed E-state index contributed by atoms with van der Waals surface area (Å²) >= 11 is 11.9. The highest BCUT2D eigenvalue weighted by molar-refractivity contribution is 6.30. The van der Waals surface area contributed by atoms with E-state index in [1.165, 1.54) is 0 Å². The van der Waals surface area contributed by atoms with Crippen LogP contribution in [0.3, 0.4) is 0 Å². The Morgan fingerprint density at radius 2 is 1.47 bits per heavy atom. The van der Waals surface area contributed by atoms with Crippen molar-refractivity contribution in [3.8, 4) is 0 Å². The summed E-state index contributed by atoms with van der Waals surface area (Å²) in [6, 6.07) is 20.1. The average molecular weight is 469 g/mol. The highest BCUT2D eigenvalue weighted by Gasteiger charge is 2.38. The molecule has 0 saturated heterocycles. The van der Waals surface area contributed by atoms with Crippen LogP contribution in [0.5, 0.6) is 0 Å². The second-order valence-electron chi connectivity index (χ2n) is 8.08. The van der Waals surface area contributed by atoms with E-state index in [2.05, 4.69) is 10.6 Å². The van der Waals surface area contributed by atoms with Crippen LogP contribution in [0.1, 0.15) is 35.6 Å². The van der Waals surface area contributed by atoms with Gasteiger partial charge in [0.15, 0.2) is 0 Å². The van der Waals surface area contributed by atoms with Gasteiger partial charge in [0.2, 0.25) is 5.91 Å². The number of carbonyl (C=O) groups is 2. The first-order valence-electron chi connectivity index (χ1n) is 10.4. The smallest absolute Gasteiger partial charge is 0.254 e. The lowest BCUT2D eigenvalue weighted by molar-refractivity contribution is -0.130. The quantitative estimate of drug-likeness (QED) is 0.432. The molecule has 3 rings (SSSR count). The molecule has 0 saturated carbocycles. The minimum Gasteiger partial charge on any atom is -0.338 e. The third kappa shape index (κ3) is 5.90. The van der Waals surface area contributed by atoms with Crippen LogP contribution in [0.4, 0.5) is 5.69 Å². The zero-order valence-corrected chi connectivity index (χ0v) is 19.8. The van der Waals surface area contributed by atoms with Gasteiger partial charge in [-0.1, -0.05) is 59.1 Å². The summed E-state index contributed by atoms with van der Waals surface area (Å²) in [5, 5.41) is 7.12. The van der Waals surface area contributed by atoms with E-state index < -0.39 is 5.54 Å². The summed E-state index contributed by atoms with van der Waals surface area (Å²) in [5.41, 5.74) is 3.11. The summed E-state index contributed by atoms with van der Waals surface area (Å²) in [5.74, 6) is -0.541. The van der Waals surface area contributed by atoms with E-state index in [1.807, 2.05) is 44.2 Å². The third-order valence-electron chi connectivity index (χ3n) is 5.42. The molecule has 0 aliphatic carbocycles. The van der Waals surface area contributed by atoms with Crippen LogP contribution in [-0.4, -0.2) is 11.8 Å². The van der Waals surface area contributed by atoms with Crippen molar-refractivity contribution in [2.24, 2.45) is 0 Å². The fourth-order valence-electron chi connectivity index (χ4n) is 3.66. The van der Waals surface area contributed by atoms with Crippen molar-refractivity contribution < 1.29 is 9.59 Å². The van der Waals surface area contributed by atoms with Gasteiger partial charge in [-0.25, -0.2) is 0 Å².